The minimum atomic E-state index is 0.392. The van der Waals surface area contributed by atoms with Crippen LogP contribution >= 0.6 is 24.0 Å². The van der Waals surface area contributed by atoms with Crippen molar-refractivity contribution < 1.29 is 0 Å². The molecule has 0 unspecified atom stereocenters. The Kier molecular flexibility index (Phi) is 7.76. The highest BCUT2D eigenvalue weighted by molar-refractivity contribution is 7.98. The number of nitrogens with two attached hydrogens (primary N) is 1. The molecule has 0 fully saturated rings. The third kappa shape index (κ3) is 6.21. The highest BCUT2D eigenvalue weighted by atomic mass is 32.2. The van der Waals surface area contributed by atoms with Crippen molar-refractivity contribution in [1.82, 2.24) is 4.98 Å². The van der Waals surface area contributed by atoms with Gasteiger partial charge in [-0.2, -0.15) is 11.8 Å². The SMILES string of the molecule is CSCCCCCCNc1ccc(C(N)=S)cn1. The van der Waals surface area contributed by atoms with E-state index in [4.69, 9.17) is 18.0 Å². The molecule has 0 saturated heterocycles. The van der Waals surface area contributed by atoms with Crippen LogP contribution in [0.15, 0.2) is 18.3 Å². The Hall–Kier alpha value is -0.810. The summed E-state index contributed by atoms with van der Waals surface area (Å²) >= 11 is 6.80. The number of anilines is 1. The number of nitrogens with one attached hydrogen (secondary N) is 1. The van der Waals surface area contributed by atoms with Gasteiger partial charge < -0.3 is 11.1 Å². The summed E-state index contributed by atoms with van der Waals surface area (Å²) < 4.78 is 0. The number of pyridine rings is 1. The molecule has 0 amide bonds. The maximum absolute atomic E-state index is 5.51. The first kappa shape index (κ1) is 15.2. The van der Waals surface area contributed by atoms with E-state index in [1.54, 1.807) is 6.20 Å². The molecule has 5 heteroatoms. The van der Waals surface area contributed by atoms with Crippen molar-refractivity contribution >= 4 is 34.8 Å². The number of aromatic nitrogens is 1. The zero-order valence-corrected chi connectivity index (χ0v) is 12.4. The molecule has 0 bridgehead atoms. The maximum atomic E-state index is 5.51. The van der Waals surface area contributed by atoms with E-state index in [0.717, 1.165) is 17.9 Å². The van der Waals surface area contributed by atoms with Gasteiger partial charge in [0.25, 0.3) is 0 Å². The lowest BCUT2D eigenvalue weighted by atomic mass is 10.2. The third-order valence-corrected chi connectivity index (χ3v) is 3.56. The molecule has 0 atom stereocenters. The van der Waals surface area contributed by atoms with Crippen molar-refractivity contribution in [3.05, 3.63) is 23.9 Å². The summed E-state index contributed by atoms with van der Waals surface area (Å²) in [5, 5.41) is 3.30. The number of thioether (sulfide) groups is 1. The van der Waals surface area contributed by atoms with Crippen LogP contribution in [0.2, 0.25) is 0 Å². The summed E-state index contributed by atoms with van der Waals surface area (Å²) in [4.78, 5) is 4.66. The third-order valence-electron chi connectivity index (χ3n) is 2.63. The predicted octanol–water partition coefficient (Wildman–Crippen LogP) is 3.05. The van der Waals surface area contributed by atoms with Gasteiger partial charge in [-0.05, 0) is 37.0 Å². The monoisotopic (exact) mass is 283 g/mol. The van der Waals surface area contributed by atoms with Gasteiger partial charge in [-0.1, -0.05) is 25.1 Å². The minimum Gasteiger partial charge on any atom is -0.389 e. The van der Waals surface area contributed by atoms with Crippen LogP contribution < -0.4 is 11.1 Å². The van der Waals surface area contributed by atoms with Crippen LogP contribution in [-0.2, 0) is 0 Å². The van der Waals surface area contributed by atoms with Gasteiger partial charge in [-0.3, -0.25) is 0 Å². The summed E-state index contributed by atoms with van der Waals surface area (Å²) in [6.07, 6.45) is 8.97. The fourth-order valence-electron chi connectivity index (χ4n) is 1.59. The van der Waals surface area contributed by atoms with Gasteiger partial charge in [0.2, 0.25) is 0 Å². The van der Waals surface area contributed by atoms with E-state index in [0.29, 0.717) is 4.99 Å². The Morgan fingerprint density at radius 2 is 2.11 bits per heavy atom. The second-order valence-corrected chi connectivity index (χ2v) is 5.56. The molecule has 3 nitrogen and oxygen atoms in total. The van der Waals surface area contributed by atoms with E-state index in [2.05, 4.69) is 16.6 Å². The van der Waals surface area contributed by atoms with Gasteiger partial charge in [-0.25, -0.2) is 4.98 Å². The standard InChI is InChI=1S/C13H21N3S2/c1-18-9-5-3-2-4-8-15-12-7-6-11(10-16-12)13(14)17/h6-7,10H,2-5,8-9H2,1H3,(H2,14,17)(H,15,16). The molecule has 1 rings (SSSR count). The zero-order valence-electron chi connectivity index (χ0n) is 10.8. The van der Waals surface area contributed by atoms with Crippen molar-refractivity contribution in [2.75, 3.05) is 23.9 Å². The minimum absolute atomic E-state index is 0.392. The molecule has 0 aliphatic heterocycles. The van der Waals surface area contributed by atoms with Gasteiger partial charge in [-0.15, -0.1) is 0 Å². The predicted molar refractivity (Wildman–Crippen MR) is 85.5 cm³/mol. The molecule has 0 radical (unpaired) electrons. The van der Waals surface area contributed by atoms with Crippen molar-refractivity contribution in [1.29, 1.82) is 0 Å². The summed E-state index contributed by atoms with van der Waals surface area (Å²) in [5.74, 6) is 2.16. The molecule has 0 spiro atoms. The fraction of sp³-hybridized carbons (Fsp3) is 0.538. The van der Waals surface area contributed by atoms with E-state index in [1.807, 2.05) is 23.9 Å². The quantitative estimate of drug-likeness (QED) is 0.539. The molecule has 100 valence electrons. The Balaban J connectivity index is 2.14. The van der Waals surface area contributed by atoms with Crippen LogP contribution in [-0.4, -0.2) is 28.5 Å². The first-order valence-corrected chi connectivity index (χ1v) is 8.03. The lowest BCUT2D eigenvalue weighted by molar-refractivity contribution is 0.688. The second kappa shape index (κ2) is 9.16. The molecular weight excluding hydrogens is 262 g/mol. The fourth-order valence-corrected chi connectivity index (χ4v) is 2.20. The number of hydrogen-bond donors (Lipinski definition) is 2. The van der Waals surface area contributed by atoms with Crippen LogP contribution in [0.4, 0.5) is 5.82 Å². The molecular formula is C13H21N3S2. The molecule has 1 heterocycles. The molecule has 0 aliphatic rings. The van der Waals surface area contributed by atoms with E-state index in [1.165, 1.54) is 31.4 Å². The number of nitrogens with zero attached hydrogens (tertiary/aromatic N) is 1. The first-order chi connectivity index (χ1) is 8.74. The van der Waals surface area contributed by atoms with E-state index in [-0.39, 0.29) is 0 Å². The number of unbranched alkanes of at least 4 members (excludes halogenated alkanes) is 3. The van der Waals surface area contributed by atoms with Gasteiger partial charge in [0, 0.05) is 18.3 Å². The van der Waals surface area contributed by atoms with E-state index in [9.17, 15) is 0 Å². The maximum Gasteiger partial charge on any atom is 0.125 e. The summed E-state index contributed by atoms with van der Waals surface area (Å²) in [7, 11) is 0. The average molecular weight is 283 g/mol. The molecule has 0 aromatic carbocycles. The summed E-state index contributed by atoms with van der Waals surface area (Å²) in [6, 6.07) is 3.82. The average Bonchev–Trinajstić information content (AvgIpc) is 2.38. The molecule has 0 saturated carbocycles. The summed E-state index contributed by atoms with van der Waals surface area (Å²) in [6.45, 7) is 0.971. The van der Waals surface area contributed by atoms with Gasteiger partial charge >= 0.3 is 0 Å². The Morgan fingerprint density at radius 3 is 2.72 bits per heavy atom. The number of hydrogen-bond acceptors (Lipinski definition) is 4. The van der Waals surface area contributed by atoms with Gasteiger partial charge in [0.1, 0.15) is 10.8 Å². The topological polar surface area (TPSA) is 50.9 Å². The van der Waals surface area contributed by atoms with Crippen LogP contribution in [0.1, 0.15) is 31.2 Å². The zero-order chi connectivity index (χ0) is 13.2. The van der Waals surface area contributed by atoms with Gasteiger partial charge in [0.15, 0.2) is 0 Å². The van der Waals surface area contributed by atoms with Gasteiger partial charge in [0.05, 0.1) is 0 Å². The summed E-state index contributed by atoms with van der Waals surface area (Å²) in [5.41, 5.74) is 6.33. The second-order valence-electron chi connectivity index (χ2n) is 4.13. The molecule has 1 aromatic heterocycles. The van der Waals surface area contributed by atoms with Crippen molar-refractivity contribution in [2.45, 2.75) is 25.7 Å². The molecule has 0 aliphatic carbocycles. The van der Waals surface area contributed by atoms with E-state index < -0.39 is 0 Å². The van der Waals surface area contributed by atoms with Crippen LogP contribution in [0.3, 0.4) is 0 Å². The van der Waals surface area contributed by atoms with Crippen molar-refractivity contribution in [2.24, 2.45) is 5.73 Å². The van der Waals surface area contributed by atoms with E-state index >= 15 is 0 Å². The first-order valence-electron chi connectivity index (χ1n) is 6.22. The number of thiocarbonyl (C=S) groups is 1. The smallest absolute Gasteiger partial charge is 0.125 e. The highest BCUT2D eigenvalue weighted by Gasteiger charge is 1.97. The Labute approximate surface area is 119 Å². The van der Waals surface area contributed by atoms with Crippen molar-refractivity contribution in [3.63, 3.8) is 0 Å². The number of rotatable bonds is 9. The Morgan fingerprint density at radius 1 is 1.33 bits per heavy atom. The highest BCUT2D eigenvalue weighted by Crippen LogP contribution is 2.07. The van der Waals surface area contributed by atoms with Crippen LogP contribution in [0.25, 0.3) is 0 Å². The Bertz CT molecular complexity index is 352. The largest absolute Gasteiger partial charge is 0.389 e. The normalized spacial score (nSPS) is 10.3. The lowest BCUT2D eigenvalue weighted by Crippen LogP contribution is -2.10. The molecule has 3 N–H and O–H groups in total. The van der Waals surface area contributed by atoms with Crippen LogP contribution in [0, 0.1) is 0 Å². The molecule has 1 aromatic rings. The van der Waals surface area contributed by atoms with Crippen LogP contribution in [0.5, 0.6) is 0 Å². The lowest BCUT2D eigenvalue weighted by Gasteiger charge is -2.06. The molecule has 18 heavy (non-hydrogen) atoms. The van der Waals surface area contributed by atoms with Crippen molar-refractivity contribution in [3.8, 4) is 0 Å².